The number of thiophene rings is 1. The minimum Gasteiger partial charge on any atom is -0.329 e. The van der Waals surface area contributed by atoms with Gasteiger partial charge >= 0.3 is 0 Å². The first-order valence-electron chi connectivity index (χ1n) is 7.66. The van der Waals surface area contributed by atoms with Crippen LogP contribution in [-0.4, -0.2) is 24.5 Å². The molecule has 2 heterocycles. The summed E-state index contributed by atoms with van der Waals surface area (Å²) >= 11 is 1.90. The molecule has 0 saturated carbocycles. The third-order valence-electron chi connectivity index (χ3n) is 4.56. The van der Waals surface area contributed by atoms with Crippen LogP contribution in [0.2, 0.25) is 0 Å². The molecule has 1 aromatic heterocycles. The van der Waals surface area contributed by atoms with Crippen LogP contribution >= 0.6 is 11.3 Å². The SMILES string of the molecule is CCC1CCCN(C(CN)c2cc(C)sc2C)CC1. The molecule has 2 atom stereocenters. The molecule has 2 N–H and O–H groups in total. The highest BCUT2D eigenvalue weighted by Gasteiger charge is 2.24. The van der Waals surface area contributed by atoms with Crippen molar-refractivity contribution in [3.63, 3.8) is 0 Å². The number of aryl methyl sites for hydroxylation is 2. The number of hydrogen-bond donors (Lipinski definition) is 1. The van der Waals surface area contributed by atoms with Crippen molar-refractivity contribution in [1.82, 2.24) is 4.90 Å². The first-order chi connectivity index (χ1) is 9.15. The Hall–Kier alpha value is -0.380. The fraction of sp³-hybridized carbons (Fsp3) is 0.750. The van der Waals surface area contributed by atoms with Crippen molar-refractivity contribution >= 4 is 11.3 Å². The molecule has 3 heteroatoms. The maximum absolute atomic E-state index is 6.09. The second kappa shape index (κ2) is 6.87. The molecule has 0 bridgehead atoms. The van der Waals surface area contributed by atoms with Gasteiger partial charge in [-0.2, -0.15) is 0 Å². The van der Waals surface area contributed by atoms with Crippen LogP contribution in [0, 0.1) is 19.8 Å². The summed E-state index contributed by atoms with van der Waals surface area (Å²) in [6, 6.07) is 2.78. The molecule has 2 nitrogen and oxygen atoms in total. The molecule has 0 amide bonds. The second-order valence-electron chi connectivity index (χ2n) is 5.86. The van der Waals surface area contributed by atoms with Crippen molar-refractivity contribution in [3.05, 3.63) is 21.4 Å². The summed E-state index contributed by atoms with van der Waals surface area (Å²) in [4.78, 5) is 5.49. The minimum atomic E-state index is 0.431. The maximum Gasteiger partial charge on any atom is 0.0481 e. The largest absolute Gasteiger partial charge is 0.329 e. The van der Waals surface area contributed by atoms with Crippen molar-refractivity contribution in [1.29, 1.82) is 0 Å². The lowest BCUT2D eigenvalue weighted by molar-refractivity contribution is 0.206. The topological polar surface area (TPSA) is 29.3 Å². The van der Waals surface area contributed by atoms with Crippen molar-refractivity contribution in [2.24, 2.45) is 11.7 Å². The van der Waals surface area contributed by atoms with Gasteiger partial charge in [-0.25, -0.2) is 0 Å². The molecule has 2 rings (SSSR count). The number of nitrogens with two attached hydrogens (primary N) is 1. The molecule has 108 valence electrons. The Morgan fingerprint density at radius 1 is 1.37 bits per heavy atom. The molecule has 0 aliphatic carbocycles. The Kier molecular flexibility index (Phi) is 5.43. The minimum absolute atomic E-state index is 0.431. The summed E-state index contributed by atoms with van der Waals surface area (Å²) in [6.45, 7) is 9.94. The van der Waals surface area contributed by atoms with Crippen molar-refractivity contribution < 1.29 is 0 Å². The van der Waals surface area contributed by atoms with Crippen LogP contribution in [-0.2, 0) is 0 Å². The molecule has 19 heavy (non-hydrogen) atoms. The maximum atomic E-state index is 6.09. The molecule has 1 aliphatic rings. The van der Waals surface area contributed by atoms with Gasteiger partial charge in [-0.3, -0.25) is 4.90 Å². The average Bonchev–Trinajstić information content (AvgIpc) is 2.62. The molecular formula is C16H28N2S. The van der Waals surface area contributed by atoms with Crippen LogP contribution in [0.1, 0.15) is 54.0 Å². The number of likely N-dealkylation sites (tertiary alicyclic amines) is 1. The van der Waals surface area contributed by atoms with Gasteiger partial charge in [0.25, 0.3) is 0 Å². The molecular weight excluding hydrogens is 252 g/mol. The van der Waals surface area contributed by atoms with Crippen LogP contribution in [0.15, 0.2) is 6.07 Å². The van der Waals surface area contributed by atoms with E-state index in [2.05, 4.69) is 31.7 Å². The summed E-state index contributed by atoms with van der Waals surface area (Å²) in [5.74, 6) is 0.925. The third kappa shape index (κ3) is 3.59. The number of hydrogen-bond acceptors (Lipinski definition) is 3. The fourth-order valence-electron chi connectivity index (χ4n) is 3.36. The molecule has 0 aromatic carbocycles. The summed E-state index contributed by atoms with van der Waals surface area (Å²) < 4.78 is 0. The summed E-state index contributed by atoms with van der Waals surface area (Å²) in [5, 5.41) is 0. The van der Waals surface area contributed by atoms with E-state index in [0.29, 0.717) is 6.04 Å². The zero-order valence-electron chi connectivity index (χ0n) is 12.6. The van der Waals surface area contributed by atoms with Gasteiger partial charge in [0.15, 0.2) is 0 Å². The predicted molar refractivity (Wildman–Crippen MR) is 84.8 cm³/mol. The lowest BCUT2D eigenvalue weighted by Gasteiger charge is -2.30. The van der Waals surface area contributed by atoms with E-state index in [4.69, 9.17) is 5.73 Å². The molecule has 0 radical (unpaired) electrons. The smallest absolute Gasteiger partial charge is 0.0481 e. The van der Waals surface area contributed by atoms with Gasteiger partial charge in [0.2, 0.25) is 0 Å². The van der Waals surface area contributed by atoms with Crippen LogP contribution in [0.4, 0.5) is 0 Å². The van der Waals surface area contributed by atoms with Crippen molar-refractivity contribution in [2.45, 2.75) is 52.5 Å². The number of nitrogens with zero attached hydrogens (tertiary/aromatic N) is 1. The van der Waals surface area contributed by atoms with E-state index in [1.54, 1.807) is 0 Å². The van der Waals surface area contributed by atoms with Gasteiger partial charge in [-0.05, 0) is 63.7 Å². The van der Waals surface area contributed by atoms with Gasteiger partial charge in [0.05, 0.1) is 0 Å². The summed E-state index contributed by atoms with van der Waals surface area (Å²) in [5.41, 5.74) is 7.57. The van der Waals surface area contributed by atoms with Crippen molar-refractivity contribution in [2.75, 3.05) is 19.6 Å². The quantitative estimate of drug-likeness (QED) is 0.907. The van der Waals surface area contributed by atoms with Crippen LogP contribution in [0.3, 0.4) is 0 Å². The van der Waals surface area contributed by atoms with Gasteiger partial charge in [-0.1, -0.05) is 13.3 Å². The standard InChI is InChI=1S/C16H28N2S/c1-4-14-6-5-8-18(9-7-14)16(11-17)15-10-12(2)19-13(15)3/h10,14,16H,4-9,11,17H2,1-3H3. The Bertz CT molecular complexity index is 399. The number of rotatable bonds is 4. The highest BCUT2D eigenvalue weighted by atomic mass is 32.1. The van der Waals surface area contributed by atoms with Gasteiger partial charge < -0.3 is 5.73 Å². The van der Waals surface area contributed by atoms with E-state index in [1.165, 1.54) is 54.1 Å². The van der Waals surface area contributed by atoms with E-state index in [9.17, 15) is 0 Å². The van der Waals surface area contributed by atoms with E-state index in [0.717, 1.165) is 12.5 Å². The predicted octanol–water partition coefficient (Wildman–Crippen LogP) is 3.88. The first kappa shape index (κ1) is 15.0. The normalized spacial score (nSPS) is 23.3. The van der Waals surface area contributed by atoms with E-state index in [1.807, 2.05) is 11.3 Å². The van der Waals surface area contributed by atoms with E-state index < -0.39 is 0 Å². The zero-order chi connectivity index (χ0) is 13.8. The average molecular weight is 280 g/mol. The summed E-state index contributed by atoms with van der Waals surface area (Å²) in [7, 11) is 0. The molecule has 1 aromatic rings. The Labute approximate surface area is 122 Å². The Morgan fingerprint density at radius 3 is 2.74 bits per heavy atom. The second-order valence-corrected chi connectivity index (χ2v) is 7.32. The van der Waals surface area contributed by atoms with E-state index in [-0.39, 0.29) is 0 Å². The monoisotopic (exact) mass is 280 g/mol. The zero-order valence-corrected chi connectivity index (χ0v) is 13.4. The molecule has 1 aliphatic heterocycles. The fourth-order valence-corrected chi connectivity index (χ4v) is 4.34. The van der Waals surface area contributed by atoms with Gasteiger partial charge in [-0.15, -0.1) is 11.3 Å². The van der Waals surface area contributed by atoms with Gasteiger partial charge in [0.1, 0.15) is 0 Å². The molecule has 2 unspecified atom stereocenters. The van der Waals surface area contributed by atoms with Crippen LogP contribution in [0.5, 0.6) is 0 Å². The lowest BCUT2D eigenvalue weighted by atomic mass is 9.98. The highest BCUT2D eigenvalue weighted by Crippen LogP contribution is 2.32. The first-order valence-corrected chi connectivity index (χ1v) is 8.48. The Balaban J connectivity index is 2.11. The van der Waals surface area contributed by atoms with Crippen LogP contribution in [0.25, 0.3) is 0 Å². The molecule has 0 spiro atoms. The van der Waals surface area contributed by atoms with Gasteiger partial charge in [0, 0.05) is 22.3 Å². The highest BCUT2D eigenvalue weighted by molar-refractivity contribution is 7.12. The van der Waals surface area contributed by atoms with Crippen molar-refractivity contribution in [3.8, 4) is 0 Å². The summed E-state index contributed by atoms with van der Waals surface area (Å²) in [6.07, 6.45) is 5.40. The third-order valence-corrected chi connectivity index (χ3v) is 5.54. The lowest BCUT2D eigenvalue weighted by Crippen LogP contribution is -2.34. The Morgan fingerprint density at radius 2 is 2.16 bits per heavy atom. The van der Waals surface area contributed by atoms with E-state index >= 15 is 0 Å². The molecule has 1 fully saturated rings. The molecule has 1 saturated heterocycles. The van der Waals surface area contributed by atoms with Crippen LogP contribution < -0.4 is 5.73 Å².